The molecule has 2 aromatic rings. The summed E-state index contributed by atoms with van der Waals surface area (Å²) in [5, 5.41) is 3.80. The minimum absolute atomic E-state index is 0.00632. The number of thiophene rings is 1. The van der Waals surface area contributed by atoms with Gasteiger partial charge < -0.3 is 14.3 Å². The number of nitrogens with one attached hydrogen (secondary N) is 1. The highest BCUT2D eigenvalue weighted by atomic mass is 32.2. The first-order valence-corrected chi connectivity index (χ1v) is 11.8. The van der Waals surface area contributed by atoms with E-state index in [4.69, 9.17) is 4.52 Å². The highest BCUT2D eigenvalue weighted by molar-refractivity contribution is 7.91. The van der Waals surface area contributed by atoms with Crippen molar-refractivity contribution in [1.82, 2.24) is 19.7 Å². The molecule has 1 atom stereocenters. The molecule has 0 saturated carbocycles. The molecule has 11 heteroatoms. The maximum absolute atomic E-state index is 12.8. The maximum atomic E-state index is 12.8. The fourth-order valence-corrected chi connectivity index (χ4v) is 6.13. The third kappa shape index (κ3) is 4.36. The van der Waals surface area contributed by atoms with Gasteiger partial charge in [0.1, 0.15) is 22.2 Å². The Hall–Kier alpha value is -2.24. The molecule has 0 aliphatic carbocycles. The average molecular weight is 439 g/mol. The van der Waals surface area contributed by atoms with E-state index in [-0.39, 0.29) is 22.6 Å². The van der Waals surface area contributed by atoms with Crippen LogP contribution in [0.25, 0.3) is 10.6 Å². The van der Waals surface area contributed by atoms with Crippen molar-refractivity contribution in [3.05, 3.63) is 24.5 Å². The normalized spacial score (nSPS) is 20.4. The second-order valence-electron chi connectivity index (χ2n) is 7.17. The molecule has 9 nitrogen and oxygen atoms in total. The summed E-state index contributed by atoms with van der Waals surface area (Å²) < 4.78 is 33.0. The van der Waals surface area contributed by atoms with Crippen LogP contribution in [0.15, 0.2) is 33.2 Å². The molecule has 1 N–H and O–H groups in total. The summed E-state index contributed by atoms with van der Waals surface area (Å²) in [5.41, 5.74) is 0.553. The van der Waals surface area contributed by atoms with Crippen molar-refractivity contribution in [3.8, 4) is 10.6 Å². The molecule has 4 rings (SSSR count). The number of piperidine rings is 1. The van der Waals surface area contributed by atoms with Crippen LogP contribution >= 0.6 is 11.3 Å². The van der Waals surface area contributed by atoms with E-state index in [0.29, 0.717) is 30.0 Å². The summed E-state index contributed by atoms with van der Waals surface area (Å²) in [5.74, 6) is -0.421. The number of hydrogen-bond acceptors (Lipinski definition) is 7. The van der Waals surface area contributed by atoms with Gasteiger partial charge in [0.25, 0.3) is 10.0 Å². The van der Waals surface area contributed by atoms with Gasteiger partial charge in [0.05, 0.1) is 11.4 Å². The van der Waals surface area contributed by atoms with Crippen molar-refractivity contribution >= 4 is 33.2 Å². The first-order chi connectivity index (χ1) is 13.9. The molecule has 29 heavy (non-hydrogen) atoms. The van der Waals surface area contributed by atoms with Crippen LogP contribution in [0.1, 0.15) is 25.7 Å². The predicted octanol–water partition coefficient (Wildman–Crippen LogP) is 1.29. The molecule has 2 aromatic heterocycles. The third-order valence-electron chi connectivity index (χ3n) is 5.15. The van der Waals surface area contributed by atoms with Gasteiger partial charge in [0, 0.05) is 25.7 Å². The van der Waals surface area contributed by atoms with Crippen LogP contribution in [0.2, 0.25) is 0 Å². The van der Waals surface area contributed by atoms with Crippen LogP contribution in [0, 0.1) is 0 Å². The summed E-state index contributed by atoms with van der Waals surface area (Å²) in [6, 6.07) is 3.92. The maximum Gasteiger partial charge on any atom is 0.250 e. The van der Waals surface area contributed by atoms with E-state index in [9.17, 15) is 18.0 Å². The predicted molar refractivity (Wildman–Crippen MR) is 106 cm³/mol. The van der Waals surface area contributed by atoms with Gasteiger partial charge in [-0.15, -0.1) is 11.3 Å². The van der Waals surface area contributed by atoms with Crippen molar-refractivity contribution in [2.24, 2.45) is 0 Å². The van der Waals surface area contributed by atoms with E-state index >= 15 is 0 Å². The van der Waals surface area contributed by atoms with Crippen molar-refractivity contribution in [2.75, 3.05) is 26.2 Å². The molecule has 0 spiro atoms. The first kappa shape index (κ1) is 20.0. The first-order valence-electron chi connectivity index (χ1n) is 9.53. The molecule has 2 aliphatic heterocycles. The van der Waals surface area contributed by atoms with Gasteiger partial charge in [-0.2, -0.15) is 4.72 Å². The van der Waals surface area contributed by atoms with Gasteiger partial charge >= 0.3 is 0 Å². The van der Waals surface area contributed by atoms with Crippen molar-refractivity contribution in [3.63, 3.8) is 0 Å². The molecular weight excluding hydrogens is 416 g/mol. The number of rotatable bonds is 6. The largest absolute Gasteiger partial charge is 0.364 e. The Morgan fingerprint density at radius 2 is 2.00 bits per heavy atom. The lowest BCUT2D eigenvalue weighted by atomic mass is 10.1. The Morgan fingerprint density at radius 3 is 2.72 bits per heavy atom. The summed E-state index contributed by atoms with van der Waals surface area (Å²) >= 11 is 1.06. The van der Waals surface area contributed by atoms with Crippen molar-refractivity contribution in [1.29, 1.82) is 0 Å². The Labute approximate surface area is 172 Å². The quantitative estimate of drug-likeness (QED) is 0.727. The molecule has 2 amide bonds. The van der Waals surface area contributed by atoms with Gasteiger partial charge in [-0.3, -0.25) is 9.59 Å². The summed E-state index contributed by atoms with van der Waals surface area (Å²) in [6.45, 7) is 1.92. The Bertz CT molecular complexity index is 980. The Morgan fingerprint density at radius 1 is 1.21 bits per heavy atom. The SMILES string of the molecule is O=C(CN1CCC[C@H](NS(=O)(=O)c2ccc(-c3ccon3)s2)C1=O)N1CCCC1. The van der Waals surface area contributed by atoms with E-state index in [1.54, 1.807) is 17.0 Å². The lowest BCUT2D eigenvalue weighted by Crippen LogP contribution is -2.54. The molecule has 4 heterocycles. The molecule has 0 radical (unpaired) electrons. The molecule has 2 saturated heterocycles. The highest BCUT2D eigenvalue weighted by Crippen LogP contribution is 2.30. The lowest BCUT2D eigenvalue weighted by molar-refractivity contribution is -0.142. The standard InChI is InChI=1S/C18H22N4O5S2/c23-16(21-8-1-2-9-21)12-22-10-3-4-14(18(22)24)20-29(25,26)17-6-5-15(28-17)13-7-11-27-19-13/h5-7,11,14,20H,1-4,8-10,12H2/t14-/m0/s1. The highest BCUT2D eigenvalue weighted by Gasteiger charge is 2.34. The van der Waals surface area contributed by atoms with E-state index in [0.717, 1.165) is 37.3 Å². The summed E-state index contributed by atoms with van der Waals surface area (Å²) in [7, 11) is -3.86. The van der Waals surface area contributed by atoms with Crippen LogP contribution in [-0.4, -0.2) is 67.4 Å². The lowest BCUT2D eigenvalue weighted by Gasteiger charge is -2.33. The fourth-order valence-electron chi connectivity index (χ4n) is 3.62. The van der Waals surface area contributed by atoms with Crippen molar-refractivity contribution in [2.45, 2.75) is 35.9 Å². The van der Waals surface area contributed by atoms with E-state index in [1.807, 2.05) is 0 Å². The topological polar surface area (TPSA) is 113 Å². The van der Waals surface area contributed by atoms with Gasteiger partial charge in [-0.05, 0) is 37.8 Å². The number of sulfonamides is 1. The average Bonchev–Trinajstić information content (AvgIpc) is 3.46. The van der Waals surface area contributed by atoms with E-state index < -0.39 is 16.1 Å². The number of amides is 2. The second kappa shape index (κ2) is 8.25. The zero-order chi connectivity index (χ0) is 20.4. The monoisotopic (exact) mass is 438 g/mol. The molecule has 2 aliphatic rings. The fraction of sp³-hybridized carbons (Fsp3) is 0.500. The molecular formula is C18H22N4O5S2. The number of likely N-dealkylation sites (tertiary alicyclic amines) is 2. The number of aromatic nitrogens is 1. The van der Waals surface area contributed by atoms with E-state index in [1.165, 1.54) is 17.2 Å². The Kier molecular flexibility index (Phi) is 5.70. The molecule has 0 bridgehead atoms. The second-order valence-corrected chi connectivity index (χ2v) is 10.2. The third-order valence-corrected chi connectivity index (χ3v) is 8.22. The van der Waals surface area contributed by atoms with Gasteiger partial charge in [-0.25, -0.2) is 8.42 Å². The number of hydrogen-bond donors (Lipinski definition) is 1. The molecule has 156 valence electrons. The summed E-state index contributed by atoms with van der Waals surface area (Å²) in [4.78, 5) is 29.0. The molecule has 0 unspecified atom stereocenters. The molecule has 0 aromatic carbocycles. The number of nitrogens with zero attached hydrogens (tertiary/aromatic N) is 3. The van der Waals surface area contributed by atoms with Crippen LogP contribution in [-0.2, 0) is 19.6 Å². The van der Waals surface area contributed by atoms with Gasteiger partial charge in [0.15, 0.2) is 0 Å². The minimum atomic E-state index is -3.86. The smallest absolute Gasteiger partial charge is 0.250 e. The number of carbonyl (C=O) groups excluding carboxylic acids is 2. The molecule has 2 fully saturated rings. The van der Waals surface area contributed by atoms with Crippen LogP contribution in [0.3, 0.4) is 0 Å². The zero-order valence-electron chi connectivity index (χ0n) is 15.7. The van der Waals surface area contributed by atoms with Crippen LogP contribution in [0.4, 0.5) is 0 Å². The van der Waals surface area contributed by atoms with Crippen LogP contribution in [0.5, 0.6) is 0 Å². The minimum Gasteiger partial charge on any atom is -0.364 e. The van der Waals surface area contributed by atoms with Crippen LogP contribution < -0.4 is 4.72 Å². The zero-order valence-corrected chi connectivity index (χ0v) is 17.4. The van der Waals surface area contributed by atoms with Gasteiger partial charge in [-0.1, -0.05) is 5.16 Å². The number of carbonyl (C=O) groups is 2. The van der Waals surface area contributed by atoms with Gasteiger partial charge in [0.2, 0.25) is 11.8 Å². The summed E-state index contributed by atoms with van der Waals surface area (Å²) in [6.07, 6.45) is 4.44. The van der Waals surface area contributed by atoms with E-state index in [2.05, 4.69) is 9.88 Å². The van der Waals surface area contributed by atoms with Crippen molar-refractivity contribution < 1.29 is 22.5 Å². The Balaban J connectivity index is 1.42.